The van der Waals surface area contributed by atoms with Crippen molar-refractivity contribution in [3.05, 3.63) is 59.7 Å². The lowest BCUT2D eigenvalue weighted by Crippen LogP contribution is -2.40. The van der Waals surface area contributed by atoms with Crippen LogP contribution in [0.15, 0.2) is 48.5 Å². The molecule has 1 N–H and O–H groups in total. The molecule has 26 heavy (non-hydrogen) atoms. The summed E-state index contributed by atoms with van der Waals surface area (Å²) in [4.78, 5) is 23.7. The second-order valence-electron chi connectivity index (χ2n) is 6.96. The minimum absolute atomic E-state index is 0.0107. The molecule has 136 valence electrons. The Labute approximate surface area is 158 Å². The number of carbonyl (C=O) groups is 2. The van der Waals surface area contributed by atoms with Crippen molar-refractivity contribution in [3.8, 4) is 11.1 Å². The maximum Gasteiger partial charge on any atom is 0.407 e. The Morgan fingerprint density at radius 3 is 2.08 bits per heavy atom. The normalized spacial score (nSPS) is 13.8. The van der Waals surface area contributed by atoms with Gasteiger partial charge in [-0.1, -0.05) is 62.4 Å². The third kappa shape index (κ3) is 3.91. The minimum Gasteiger partial charge on any atom is -0.449 e. The molecule has 0 aromatic heterocycles. The molecule has 0 bridgehead atoms. The molecule has 0 radical (unpaired) electrons. The number of hydrogen-bond acceptors (Lipinski definition) is 3. The molecular weight excluding hydrogens is 350 g/mol. The highest BCUT2D eigenvalue weighted by molar-refractivity contribution is 6.64. The predicted octanol–water partition coefficient (Wildman–Crippen LogP) is 4.71. The zero-order chi connectivity index (χ0) is 18.7. The Morgan fingerprint density at radius 2 is 1.58 bits per heavy atom. The SMILES string of the molecule is CC(C)C[C@@H](NC(=O)OCC1c2ccccc2-c2ccccc21)C(=O)Cl. The van der Waals surface area contributed by atoms with E-state index in [2.05, 4.69) is 29.6 Å². The monoisotopic (exact) mass is 371 g/mol. The molecule has 2 aromatic rings. The van der Waals surface area contributed by atoms with E-state index in [-0.39, 0.29) is 18.4 Å². The third-order valence-electron chi connectivity index (χ3n) is 4.62. The van der Waals surface area contributed by atoms with Crippen LogP contribution < -0.4 is 5.32 Å². The predicted molar refractivity (Wildman–Crippen MR) is 102 cm³/mol. The number of carbonyl (C=O) groups excluding carboxylic acids is 2. The van der Waals surface area contributed by atoms with Crippen molar-refractivity contribution in [3.63, 3.8) is 0 Å². The molecule has 0 saturated heterocycles. The van der Waals surface area contributed by atoms with Crippen LogP contribution in [0.25, 0.3) is 11.1 Å². The van der Waals surface area contributed by atoms with Gasteiger partial charge in [0.2, 0.25) is 5.24 Å². The van der Waals surface area contributed by atoms with Crippen molar-refractivity contribution in [2.45, 2.75) is 32.2 Å². The molecule has 0 spiro atoms. The summed E-state index contributed by atoms with van der Waals surface area (Å²) in [6, 6.07) is 15.6. The lowest BCUT2D eigenvalue weighted by Gasteiger charge is -2.18. The Kier molecular flexibility index (Phi) is 5.62. The number of nitrogens with one attached hydrogen (secondary N) is 1. The van der Waals surface area contributed by atoms with Crippen LogP contribution in [0.3, 0.4) is 0 Å². The maximum atomic E-state index is 12.2. The number of alkyl carbamates (subject to hydrolysis) is 1. The molecule has 1 amide bonds. The van der Waals surface area contributed by atoms with Gasteiger partial charge in [-0.05, 0) is 46.2 Å². The van der Waals surface area contributed by atoms with E-state index in [1.807, 2.05) is 38.1 Å². The molecule has 0 unspecified atom stereocenters. The standard InChI is InChI=1S/C21H22ClNO3/c1-13(2)11-19(20(22)24)23-21(25)26-12-18-16-9-5-3-7-14(16)15-8-4-6-10-17(15)18/h3-10,13,18-19H,11-12H2,1-2H3,(H,23,25)/t19-/m1/s1. The van der Waals surface area contributed by atoms with Crippen LogP contribution in [0.2, 0.25) is 0 Å². The second kappa shape index (κ2) is 7.92. The lowest BCUT2D eigenvalue weighted by atomic mass is 9.98. The van der Waals surface area contributed by atoms with Crippen LogP contribution >= 0.6 is 11.6 Å². The van der Waals surface area contributed by atoms with Gasteiger partial charge in [0.15, 0.2) is 0 Å². The highest BCUT2D eigenvalue weighted by atomic mass is 35.5. The number of fused-ring (bicyclic) bond motifs is 3. The molecule has 0 saturated carbocycles. The number of rotatable bonds is 6. The molecule has 0 fully saturated rings. The zero-order valence-electron chi connectivity index (χ0n) is 14.9. The first-order valence-electron chi connectivity index (χ1n) is 8.78. The van der Waals surface area contributed by atoms with Crippen LogP contribution in [0.1, 0.15) is 37.3 Å². The van der Waals surface area contributed by atoms with E-state index >= 15 is 0 Å². The first kappa shape index (κ1) is 18.5. The van der Waals surface area contributed by atoms with Crippen LogP contribution in [0.5, 0.6) is 0 Å². The van der Waals surface area contributed by atoms with Crippen molar-refractivity contribution in [1.29, 1.82) is 0 Å². The van der Waals surface area contributed by atoms with E-state index in [1.165, 1.54) is 11.1 Å². The van der Waals surface area contributed by atoms with Gasteiger partial charge >= 0.3 is 6.09 Å². The second-order valence-corrected chi connectivity index (χ2v) is 7.33. The van der Waals surface area contributed by atoms with E-state index in [0.717, 1.165) is 11.1 Å². The summed E-state index contributed by atoms with van der Waals surface area (Å²) in [5, 5.41) is 2.00. The van der Waals surface area contributed by atoms with Crippen LogP contribution in [0, 0.1) is 5.92 Å². The smallest absolute Gasteiger partial charge is 0.407 e. The van der Waals surface area contributed by atoms with Gasteiger partial charge < -0.3 is 10.1 Å². The Balaban J connectivity index is 1.70. The van der Waals surface area contributed by atoms with Crippen molar-refractivity contribution in [1.82, 2.24) is 5.32 Å². The van der Waals surface area contributed by atoms with E-state index in [1.54, 1.807) is 0 Å². The molecule has 0 aliphatic heterocycles. The molecule has 0 heterocycles. The van der Waals surface area contributed by atoms with E-state index < -0.39 is 17.4 Å². The van der Waals surface area contributed by atoms with Gasteiger partial charge in [0.25, 0.3) is 0 Å². The fraction of sp³-hybridized carbons (Fsp3) is 0.333. The minimum atomic E-state index is -0.729. The Hall–Kier alpha value is -2.33. The lowest BCUT2D eigenvalue weighted by molar-refractivity contribution is -0.113. The topological polar surface area (TPSA) is 55.4 Å². The Morgan fingerprint density at radius 1 is 1.04 bits per heavy atom. The molecule has 1 atom stereocenters. The van der Waals surface area contributed by atoms with Gasteiger partial charge in [-0.25, -0.2) is 4.79 Å². The summed E-state index contributed by atoms with van der Waals surface area (Å²) in [7, 11) is 0. The summed E-state index contributed by atoms with van der Waals surface area (Å²) < 4.78 is 5.44. The summed E-state index contributed by atoms with van der Waals surface area (Å²) in [6.07, 6.45) is -0.140. The van der Waals surface area contributed by atoms with Crippen molar-refractivity contribution < 1.29 is 14.3 Å². The summed E-state index contributed by atoms with van der Waals surface area (Å²) >= 11 is 5.58. The number of halogens is 1. The van der Waals surface area contributed by atoms with E-state index in [0.29, 0.717) is 6.42 Å². The van der Waals surface area contributed by atoms with Crippen LogP contribution in [-0.4, -0.2) is 24.0 Å². The summed E-state index contributed by atoms with van der Waals surface area (Å²) in [6.45, 7) is 4.14. The van der Waals surface area contributed by atoms with E-state index in [4.69, 9.17) is 16.3 Å². The zero-order valence-corrected chi connectivity index (χ0v) is 15.6. The molecular formula is C21H22ClNO3. The third-order valence-corrected chi connectivity index (χ3v) is 4.88. The summed E-state index contributed by atoms with van der Waals surface area (Å²) in [5.74, 6) is 0.222. The van der Waals surface area contributed by atoms with Gasteiger partial charge in [-0.2, -0.15) is 0 Å². The first-order chi connectivity index (χ1) is 12.5. The first-order valence-corrected chi connectivity index (χ1v) is 9.16. The van der Waals surface area contributed by atoms with Crippen molar-refractivity contribution >= 4 is 22.9 Å². The molecule has 5 heteroatoms. The number of benzene rings is 2. The summed E-state index contributed by atoms with van der Waals surface area (Å²) in [5.41, 5.74) is 4.64. The number of amides is 1. The van der Waals surface area contributed by atoms with Crippen molar-refractivity contribution in [2.24, 2.45) is 5.92 Å². The fourth-order valence-corrected chi connectivity index (χ4v) is 3.61. The molecule has 1 aliphatic carbocycles. The van der Waals surface area contributed by atoms with Gasteiger partial charge in [-0.3, -0.25) is 4.79 Å². The largest absolute Gasteiger partial charge is 0.449 e. The van der Waals surface area contributed by atoms with Gasteiger partial charge in [-0.15, -0.1) is 0 Å². The molecule has 3 rings (SSSR count). The van der Waals surface area contributed by atoms with Crippen LogP contribution in [-0.2, 0) is 9.53 Å². The molecule has 4 nitrogen and oxygen atoms in total. The number of ether oxygens (including phenoxy) is 1. The number of hydrogen-bond donors (Lipinski definition) is 1. The molecule has 2 aromatic carbocycles. The van der Waals surface area contributed by atoms with Gasteiger partial charge in [0.1, 0.15) is 12.6 Å². The van der Waals surface area contributed by atoms with Gasteiger partial charge in [0.05, 0.1) is 0 Å². The Bertz CT molecular complexity index is 773. The quantitative estimate of drug-likeness (QED) is 0.748. The van der Waals surface area contributed by atoms with Crippen LogP contribution in [0.4, 0.5) is 4.79 Å². The highest BCUT2D eigenvalue weighted by Crippen LogP contribution is 2.44. The maximum absolute atomic E-state index is 12.2. The molecule has 1 aliphatic rings. The average molecular weight is 372 g/mol. The van der Waals surface area contributed by atoms with E-state index in [9.17, 15) is 9.59 Å². The fourth-order valence-electron chi connectivity index (χ4n) is 3.46. The average Bonchev–Trinajstić information content (AvgIpc) is 2.93. The van der Waals surface area contributed by atoms with Crippen molar-refractivity contribution in [2.75, 3.05) is 6.61 Å². The highest BCUT2D eigenvalue weighted by Gasteiger charge is 2.29. The van der Waals surface area contributed by atoms with Gasteiger partial charge in [0, 0.05) is 5.92 Å².